The average Bonchev–Trinajstić information content (AvgIpc) is 2.68. The molecule has 0 amide bonds. The molecule has 0 aromatic carbocycles. The molecule has 0 unspecified atom stereocenters. The van der Waals surface area contributed by atoms with Crippen LogP contribution in [-0.2, 0) is 0 Å². The zero-order chi connectivity index (χ0) is 10.8. The molecule has 2 heterocycles. The van der Waals surface area contributed by atoms with E-state index in [4.69, 9.17) is 5.11 Å². The smallest absolute Gasteiger partial charge is 0.347 e. The number of nitrogens with zero attached hydrogens (tertiary/aromatic N) is 2. The number of hydrogen-bond donors (Lipinski definition) is 1. The minimum absolute atomic E-state index is 0.229. The normalized spacial score (nSPS) is 10.2. The Morgan fingerprint density at radius 3 is 2.67 bits per heavy atom. The predicted octanol–water partition coefficient (Wildman–Crippen LogP) is 2.21. The first-order valence-electron chi connectivity index (χ1n) is 4.29. The number of thiazole rings is 1. The van der Waals surface area contributed by atoms with Gasteiger partial charge in [0.05, 0.1) is 11.9 Å². The minimum atomic E-state index is -0.953. The van der Waals surface area contributed by atoms with E-state index in [9.17, 15) is 4.79 Å². The van der Waals surface area contributed by atoms with Gasteiger partial charge < -0.3 is 5.11 Å². The van der Waals surface area contributed by atoms with Gasteiger partial charge in [-0.1, -0.05) is 6.07 Å². The van der Waals surface area contributed by atoms with Gasteiger partial charge in [0, 0.05) is 6.20 Å². The standard InChI is InChI=1S/C10H8N2O2S/c1-6-2-3-7(11-4-6)9-12-5-8(15-9)10(13)14/h2-5H,1H3,(H,13,14). The van der Waals surface area contributed by atoms with Crippen LogP contribution in [0.15, 0.2) is 24.5 Å². The molecule has 0 aliphatic carbocycles. The van der Waals surface area contributed by atoms with Gasteiger partial charge >= 0.3 is 5.97 Å². The van der Waals surface area contributed by atoms with Crippen LogP contribution >= 0.6 is 11.3 Å². The van der Waals surface area contributed by atoms with Gasteiger partial charge in [0.1, 0.15) is 9.88 Å². The highest BCUT2D eigenvalue weighted by atomic mass is 32.1. The Kier molecular flexibility index (Phi) is 2.47. The molecule has 0 aliphatic heterocycles. The van der Waals surface area contributed by atoms with Crippen molar-refractivity contribution in [1.82, 2.24) is 9.97 Å². The van der Waals surface area contributed by atoms with Crippen molar-refractivity contribution in [3.63, 3.8) is 0 Å². The summed E-state index contributed by atoms with van der Waals surface area (Å²) >= 11 is 1.13. The molecular weight excluding hydrogens is 212 g/mol. The summed E-state index contributed by atoms with van der Waals surface area (Å²) in [7, 11) is 0. The van der Waals surface area contributed by atoms with Crippen molar-refractivity contribution >= 4 is 17.3 Å². The number of rotatable bonds is 2. The molecule has 0 saturated heterocycles. The highest BCUT2D eigenvalue weighted by Gasteiger charge is 2.10. The van der Waals surface area contributed by atoms with E-state index in [1.54, 1.807) is 6.20 Å². The van der Waals surface area contributed by atoms with Crippen LogP contribution in [0.4, 0.5) is 0 Å². The van der Waals surface area contributed by atoms with E-state index in [-0.39, 0.29) is 4.88 Å². The summed E-state index contributed by atoms with van der Waals surface area (Å²) in [6.07, 6.45) is 3.08. The summed E-state index contributed by atoms with van der Waals surface area (Å²) in [5.41, 5.74) is 1.77. The molecule has 0 aliphatic rings. The monoisotopic (exact) mass is 220 g/mol. The fraction of sp³-hybridized carbons (Fsp3) is 0.100. The molecule has 0 bridgehead atoms. The molecule has 2 aromatic rings. The number of pyridine rings is 1. The molecule has 4 nitrogen and oxygen atoms in total. The van der Waals surface area contributed by atoms with Crippen molar-refractivity contribution in [2.75, 3.05) is 0 Å². The maximum absolute atomic E-state index is 10.6. The van der Waals surface area contributed by atoms with Crippen LogP contribution in [0.25, 0.3) is 10.7 Å². The van der Waals surface area contributed by atoms with E-state index >= 15 is 0 Å². The Morgan fingerprint density at radius 1 is 1.33 bits per heavy atom. The Balaban J connectivity index is 2.37. The summed E-state index contributed by atoms with van der Waals surface area (Å²) in [6.45, 7) is 1.95. The lowest BCUT2D eigenvalue weighted by atomic mass is 10.3. The molecule has 2 aromatic heterocycles. The van der Waals surface area contributed by atoms with Crippen LogP contribution in [0, 0.1) is 6.92 Å². The fourth-order valence-corrected chi connectivity index (χ4v) is 1.82. The van der Waals surface area contributed by atoms with E-state index in [1.165, 1.54) is 6.20 Å². The molecule has 0 spiro atoms. The molecular formula is C10H8N2O2S. The van der Waals surface area contributed by atoms with Gasteiger partial charge in [-0.2, -0.15) is 0 Å². The Hall–Kier alpha value is -1.75. The SMILES string of the molecule is Cc1ccc(-c2ncc(C(=O)O)s2)nc1. The Morgan fingerprint density at radius 2 is 2.13 bits per heavy atom. The first-order valence-corrected chi connectivity index (χ1v) is 5.10. The quantitative estimate of drug-likeness (QED) is 0.842. The lowest BCUT2D eigenvalue weighted by molar-refractivity contribution is 0.0702. The van der Waals surface area contributed by atoms with E-state index in [0.29, 0.717) is 10.7 Å². The number of aromatic carboxylic acids is 1. The molecule has 2 rings (SSSR count). The number of aryl methyl sites for hydroxylation is 1. The summed E-state index contributed by atoms with van der Waals surface area (Å²) in [5.74, 6) is -0.953. The van der Waals surface area contributed by atoms with Crippen molar-refractivity contribution in [3.05, 3.63) is 35.0 Å². The zero-order valence-electron chi connectivity index (χ0n) is 7.97. The van der Waals surface area contributed by atoms with Crippen LogP contribution in [0.5, 0.6) is 0 Å². The molecule has 0 atom stereocenters. The highest BCUT2D eigenvalue weighted by Crippen LogP contribution is 2.23. The van der Waals surface area contributed by atoms with Gasteiger partial charge in [0.15, 0.2) is 0 Å². The zero-order valence-corrected chi connectivity index (χ0v) is 8.78. The molecule has 0 saturated carbocycles. The number of carbonyl (C=O) groups is 1. The van der Waals surface area contributed by atoms with Gasteiger partial charge in [0.2, 0.25) is 0 Å². The van der Waals surface area contributed by atoms with E-state index in [1.807, 2.05) is 19.1 Å². The first-order chi connectivity index (χ1) is 7.16. The summed E-state index contributed by atoms with van der Waals surface area (Å²) < 4.78 is 0. The Bertz CT molecular complexity index is 490. The predicted molar refractivity (Wildman–Crippen MR) is 57.0 cm³/mol. The van der Waals surface area contributed by atoms with Crippen LogP contribution in [0.3, 0.4) is 0 Å². The number of aromatic nitrogens is 2. The number of carboxylic acid groups (broad SMARTS) is 1. The van der Waals surface area contributed by atoms with Crippen molar-refractivity contribution < 1.29 is 9.90 Å². The van der Waals surface area contributed by atoms with E-state index in [0.717, 1.165) is 16.9 Å². The van der Waals surface area contributed by atoms with Gasteiger partial charge in [0.25, 0.3) is 0 Å². The minimum Gasteiger partial charge on any atom is -0.477 e. The fourth-order valence-electron chi connectivity index (χ4n) is 1.09. The highest BCUT2D eigenvalue weighted by molar-refractivity contribution is 7.16. The average molecular weight is 220 g/mol. The molecule has 0 radical (unpaired) electrons. The third-order valence-corrected chi connectivity index (χ3v) is 2.85. The van der Waals surface area contributed by atoms with Crippen molar-refractivity contribution in [3.8, 4) is 10.7 Å². The van der Waals surface area contributed by atoms with Crippen LogP contribution in [0.1, 0.15) is 15.2 Å². The second kappa shape index (κ2) is 3.78. The van der Waals surface area contributed by atoms with Crippen LogP contribution in [-0.4, -0.2) is 21.0 Å². The largest absolute Gasteiger partial charge is 0.477 e. The summed E-state index contributed by atoms with van der Waals surface area (Å²) in [6, 6.07) is 3.75. The number of carboxylic acids is 1. The third-order valence-electron chi connectivity index (χ3n) is 1.85. The second-order valence-corrected chi connectivity index (χ2v) is 4.09. The molecule has 0 fully saturated rings. The topological polar surface area (TPSA) is 63.1 Å². The molecule has 5 heteroatoms. The first kappa shape index (κ1) is 9.79. The lowest BCUT2D eigenvalue weighted by Crippen LogP contribution is -1.89. The van der Waals surface area contributed by atoms with Crippen LogP contribution in [0.2, 0.25) is 0 Å². The molecule has 1 N–H and O–H groups in total. The molecule has 15 heavy (non-hydrogen) atoms. The maximum Gasteiger partial charge on any atom is 0.347 e. The van der Waals surface area contributed by atoms with Gasteiger partial charge in [-0.3, -0.25) is 4.98 Å². The van der Waals surface area contributed by atoms with Crippen molar-refractivity contribution in [2.45, 2.75) is 6.92 Å². The van der Waals surface area contributed by atoms with Crippen molar-refractivity contribution in [1.29, 1.82) is 0 Å². The second-order valence-electron chi connectivity index (χ2n) is 3.06. The van der Waals surface area contributed by atoms with Gasteiger partial charge in [-0.25, -0.2) is 9.78 Å². The maximum atomic E-state index is 10.6. The van der Waals surface area contributed by atoms with Gasteiger partial charge in [-0.05, 0) is 18.6 Å². The molecule has 76 valence electrons. The van der Waals surface area contributed by atoms with Crippen LogP contribution < -0.4 is 0 Å². The van der Waals surface area contributed by atoms with E-state index < -0.39 is 5.97 Å². The Labute approximate surface area is 90.3 Å². The van der Waals surface area contributed by atoms with Gasteiger partial charge in [-0.15, -0.1) is 11.3 Å². The lowest BCUT2D eigenvalue weighted by Gasteiger charge is -1.94. The number of hydrogen-bond acceptors (Lipinski definition) is 4. The third kappa shape index (κ3) is 2.02. The summed E-state index contributed by atoms with van der Waals surface area (Å²) in [4.78, 5) is 19.1. The summed E-state index contributed by atoms with van der Waals surface area (Å²) in [5, 5.41) is 9.37. The van der Waals surface area contributed by atoms with E-state index in [2.05, 4.69) is 9.97 Å². The van der Waals surface area contributed by atoms with Crippen molar-refractivity contribution in [2.24, 2.45) is 0 Å².